The summed E-state index contributed by atoms with van der Waals surface area (Å²) in [6.45, 7) is 6.81. The van der Waals surface area contributed by atoms with E-state index in [1.54, 1.807) is 6.20 Å². The lowest BCUT2D eigenvalue weighted by molar-refractivity contribution is 0.181. The Labute approximate surface area is 142 Å². The van der Waals surface area contributed by atoms with Crippen molar-refractivity contribution in [3.05, 3.63) is 41.7 Å². The topological polar surface area (TPSA) is 75.9 Å². The number of urea groups is 1. The minimum absolute atomic E-state index is 0.0195. The zero-order chi connectivity index (χ0) is 16.9. The van der Waals surface area contributed by atoms with Gasteiger partial charge in [0, 0.05) is 32.0 Å². The first kappa shape index (κ1) is 16.4. The Hall–Kier alpha value is -2.44. The predicted octanol–water partition coefficient (Wildman–Crippen LogP) is 2.09. The van der Waals surface area contributed by atoms with E-state index in [0.29, 0.717) is 12.5 Å². The highest BCUT2D eigenvalue weighted by Crippen LogP contribution is 2.27. The number of carbonyl (C=O) groups excluding carboxylic acids is 1. The molecule has 1 aliphatic heterocycles. The maximum absolute atomic E-state index is 12.3. The second-order valence-corrected chi connectivity index (χ2v) is 6.14. The van der Waals surface area contributed by atoms with Crippen molar-refractivity contribution in [2.75, 3.05) is 13.1 Å². The Morgan fingerprint density at radius 2 is 2.17 bits per heavy atom. The quantitative estimate of drug-likeness (QED) is 0.932. The zero-order valence-electron chi connectivity index (χ0n) is 14.3. The molecule has 0 saturated carbocycles. The van der Waals surface area contributed by atoms with E-state index in [2.05, 4.69) is 33.5 Å². The van der Waals surface area contributed by atoms with Crippen molar-refractivity contribution in [3.63, 3.8) is 0 Å². The summed E-state index contributed by atoms with van der Waals surface area (Å²) >= 11 is 0. The highest BCUT2D eigenvalue weighted by atomic mass is 16.2. The molecule has 0 atom stereocenters. The largest absolute Gasteiger partial charge is 0.332 e. The average Bonchev–Trinajstić information content (AvgIpc) is 3.09. The molecule has 0 unspecified atom stereocenters. The van der Waals surface area contributed by atoms with Crippen molar-refractivity contribution < 1.29 is 4.79 Å². The number of likely N-dealkylation sites (tertiary alicyclic amines) is 1. The number of aromatic nitrogens is 4. The summed E-state index contributed by atoms with van der Waals surface area (Å²) in [7, 11) is 0. The molecule has 3 heterocycles. The third-order valence-electron chi connectivity index (χ3n) is 4.49. The lowest BCUT2D eigenvalue weighted by Crippen LogP contribution is -2.43. The van der Waals surface area contributed by atoms with Crippen LogP contribution in [0.2, 0.25) is 0 Å². The molecule has 1 N–H and O–H groups in total. The minimum Gasteiger partial charge on any atom is -0.332 e. The number of nitrogens with zero attached hydrogens (tertiary/aromatic N) is 5. The summed E-state index contributed by atoms with van der Waals surface area (Å²) in [6, 6.07) is 1.80. The van der Waals surface area contributed by atoms with Gasteiger partial charge in [0.15, 0.2) is 0 Å². The van der Waals surface area contributed by atoms with Crippen molar-refractivity contribution in [2.24, 2.45) is 0 Å². The normalized spacial score (nSPS) is 15.5. The van der Waals surface area contributed by atoms with Gasteiger partial charge in [0.1, 0.15) is 5.82 Å². The second kappa shape index (κ2) is 7.42. The van der Waals surface area contributed by atoms with Gasteiger partial charge in [0.25, 0.3) is 0 Å². The summed E-state index contributed by atoms with van der Waals surface area (Å²) in [5.41, 5.74) is 2.12. The first-order valence-electron chi connectivity index (χ1n) is 8.49. The number of amides is 2. The van der Waals surface area contributed by atoms with Gasteiger partial charge < -0.3 is 10.2 Å². The molecule has 1 saturated heterocycles. The molecule has 0 radical (unpaired) electrons. The van der Waals surface area contributed by atoms with Gasteiger partial charge in [-0.1, -0.05) is 0 Å². The summed E-state index contributed by atoms with van der Waals surface area (Å²) in [5.74, 6) is 1.22. The fourth-order valence-corrected chi connectivity index (χ4v) is 3.06. The molecule has 0 aromatic carbocycles. The molecule has 7 nitrogen and oxygen atoms in total. The van der Waals surface area contributed by atoms with E-state index in [4.69, 9.17) is 0 Å². The number of rotatable bonds is 4. The summed E-state index contributed by atoms with van der Waals surface area (Å²) in [6.07, 6.45) is 7.76. The van der Waals surface area contributed by atoms with Crippen molar-refractivity contribution >= 4 is 6.03 Å². The molecule has 0 spiro atoms. The van der Waals surface area contributed by atoms with Crippen LogP contribution in [0.4, 0.5) is 4.79 Å². The predicted molar refractivity (Wildman–Crippen MR) is 90.5 cm³/mol. The number of piperidine rings is 1. The van der Waals surface area contributed by atoms with Crippen LogP contribution in [0.1, 0.15) is 42.8 Å². The molecule has 2 aromatic rings. The van der Waals surface area contributed by atoms with Gasteiger partial charge in [-0.15, -0.1) is 0 Å². The Balaban J connectivity index is 1.48. The third-order valence-corrected chi connectivity index (χ3v) is 4.49. The van der Waals surface area contributed by atoms with Crippen molar-refractivity contribution in [1.29, 1.82) is 0 Å². The molecule has 1 fully saturated rings. The molecule has 128 valence electrons. The second-order valence-electron chi connectivity index (χ2n) is 6.14. The van der Waals surface area contributed by atoms with Crippen LogP contribution in [-0.2, 0) is 13.1 Å². The van der Waals surface area contributed by atoms with Gasteiger partial charge in [-0.3, -0.25) is 4.68 Å². The maximum atomic E-state index is 12.3. The van der Waals surface area contributed by atoms with E-state index in [1.165, 1.54) is 5.56 Å². The number of carbonyl (C=O) groups is 1. The zero-order valence-corrected chi connectivity index (χ0v) is 14.3. The number of nitrogens with one attached hydrogen (secondary N) is 1. The fourth-order valence-electron chi connectivity index (χ4n) is 3.06. The molecule has 3 rings (SSSR count). The van der Waals surface area contributed by atoms with Gasteiger partial charge >= 0.3 is 6.03 Å². The fraction of sp³-hybridized carbons (Fsp3) is 0.529. The lowest BCUT2D eigenvalue weighted by atomic mass is 9.92. The molecule has 24 heavy (non-hydrogen) atoms. The van der Waals surface area contributed by atoms with Crippen LogP contribution in [0.25, 0.3) is 0 Å². The Morgan fingerprint density at radius 1 is 1.38 bits per heavy atom. The monoisotopic (exact) mass is 328 g/mol. The highest BCUT2D eigenvalue weighted by Gasteiger charge is 2.24. The number of hydrogen-bond acceptors (Lipinski definition) is 4. The Morgan fingerprint density at radius 3 is 2.83 bits per heavy atom. The maximum Gasteiger partial charge on any atom is 0.317 e. The number of hydrogen-bond donors (Lipinski definition) is 1. The van der Waals surface area contributed by atoms with Gasteiger partial charge in [-0.2, -0.15) is 5.10 Å². The van der Waals surface area contributed by atoms with Crippen molar-refractivity contribution in [2.45, 2.75) is 45.7 Å². The van der Waals surface area contributed by atoms with Crippen LogP contribution < -0.4 is 5.32 Å². The van der Waals surface area contributed by atoms with Crippen LogP contribution in [-0.4, -0.2) is 43.8 Å². The Bertz CT molecular complexity index is 690. The first-order valence-corrected chi connectivity index (χ1v) is 8.49. The minimum atomic E-state index is -0.0195. The Kier molecular flexibility index (Phi) is 5.08. The van der Waals surface area contributed by atoms with Gasteiger partial charge in [-0.25, -0.2) is 14.8 Å². The van der Waals surface area contributed by atoms with Crippen LogP contribution in [0.3, 0.4) is 0 Å². The molecular formula is C17H24N6O. The summed E-state index contributed by atoms with van der Waals surface area (Å²) in [4.78, 5) is 22.5. The molecule has 7 heteroatoms. The average molecular weight is 328 g/mol. The lowest BCUT2D eigenvalue weighted by Gasteiger charge is -2.31. The number of aryl methyl sites for hydroxylation is 2. The molecule has 2 amide bonds. The molecule has 0 bridgehead atoms. The van der Waals surface area contributed by atoms with E-state index >= 15 is 0 Å². The van der Waals surface area contributed by atoms with Gasteiger partial charge in [0.2, 0.25) is 0 Å². The van der Waals surface area contributed by atoms with E-state index in [0.717, 1.165) is 44.0 Å². The van der Waals surface area contributed by atoms with Crippen molar-refractivity contribution in [3.8, 4) is 0 Å². The van der Waals surface area contributed by atoms with E-state index in [-0.39, 0.29) is 6.03 Å². The molecule has 2 aromatic heterocycles. The van der Waals surface area contributed by atoms with E-state index in [9.17, 15) is 4.79 Å². The SMILES string of the molecule is CCn1cc(C2CCN(C(=O)NCc3ccnc(C)n3)CC2)cn1. The smallest absolute Gasteiger partial charge is 0.317 e. The standard InChI is InChI=1S/C17H24N6O/c1-3-23-12-15(10-20-23)14-5-8-22(9-6-14)17(24)19-11-16-4-7-18-13(2)21-16/h4,7,10,12,14H,3,5-6,8-9,11H2,1-2H3,(H,19,24). The third kappa shape index (κ3) is 3.90. The highest BCUT2D eigenvalue weighted by molar-refractivity contribution is 5.74. The van der Waals surface area contributed by atoms with Crippen molar-refractivity contribution in [1.82, 2.24) is 30.0 Å². The summed E-state index contributed by atoms with van der Waals surface area (Å²) in [5, 5.41) is 7.29. The summed E-state index contributed by atoms with van der Waals surface area (Å²) < 4.78 is 1.96. The van der Waals surface area contributed by atoms with Crippen LogP contribution in [0.15, 0.2) is 24.7 Å². The van der Waals surface area contributed by atoms with Crippen LogP contribution >= 0.6 is 0 Å². The van der Waals surface area contributed by atoms with Gasteiger partial charge in [-0.05, 0) is 44.2 Å². The van der Waals surface area contributed by atoms with Crippen LogP contribution in [0.5, 0.6) is 0 Å². The molecular weight excluding hydrogens is 304 g/mol. The first-order chi connectivity index (χ1) is 11.7. The van der Waals surface area contributed by atoms with Gasteiger partial charge in [0.05, 0.1) is 18.4 Å². The van der Waals surface area contributed by atoms with Crippen LogP contribution in [0, 0.1) is 6.92 Å². The molecule has 0 aliphatic carbocycles. The molecule has 1 aliphatic rings. The van der Waals surface area contributed by atoms with E-state index in [1.807, 2.05) is 28.8 Å². The van der Waals surface area contributed by atoms with E-state index < -0.39 is 0 Å².